The number of hydrogen-bond donors (Lipinski definition) is 2. The summed E-state index contributed by atoms with van der Waals surface area (Å²) in [6.45, 7) is -0.181. The summed E-state index contributed by atoms with van der Waals surface area (Å²) in [7, 11) is -4.04. The number of rotatable bonds is 5. The first-order chi connectivity index (χ1) is 11.3. The van der Waals surface area contributed by atoms with Gasteiger partial charge in [0.05, 0.1) is 4.90 Å². The Balaban J connectivity index is 0.00000312. The van der Waals surface area contributed by atoms with Crippen molar-refractivity contribution in [3.63, 3.8) is 0 Å². The topological polar surface area (TPSA) is 89.3 Å². The standard InChI is InChI=1S/C16H14ClFN2O3S.ClH/c17-13-3-7-15(8-4-13)24(22,23)20-16(21)12(10-19)9-11-1-5-14(18)6-2-11;/h1-9H,10,19H2,(H,20,21);1H/b12-9+;. The van der Waals surface area contributed by atoms with Crippen molar-refractivity contribution in [3.8, 4) is 0 Å². The van der Waals surface area contributed by atoms with E-state index in [-0.39, 0.29) is 29.4 Å². The van der Waals surface area contributed by atoms with Crippen molar-refractivity contribution in [2.75, 3.05) is 6.54 Å². The predicted molar refractivity (Wildman–Crippen MR) is 97.5 cm³/mol. The molecule has 0 radical (unpaired) electrons. The molecule has 0 aromatic heterocycles. The minimum absolute atomic E-state index is 0. The van der Waals surface area contributed by atoms with Crippen molar-refractivity contribution in [3.05, 3.63) is 70.5 Å². The zero-order valence-corrected chi connectivity index (χ0v) is 15.2. The summed E-state index contributed by atoms with van der Waals surface area (Å²) in [5, 5.41) is 0.374. The third kappa shape index (κ3) is 5.82. The molecule has 134 valence electrons. The minimum Gasteiger partial charge on any atom is -0.326 e. The third-order valence-corrected chi connectivity index (χ3v) is 4.67. The van der Waals surface area contributed by atoms with Gasteiger partial charge in [-0.2, -0.15) is 0 Å². The lowest BCUT2D eigenvalue weighted by atomic mass is 10.1. The van der Waals surface area contributed by atoms with E-state index in [1.165, 1.54) is 54.6 Å². The SMILES string of the molecule is Cl.NC/C(=C\c1ccc(F)cc1)C(=O)NS(=O)(=O)c1ccc(Cl)cc1. The zero-order valence-electron chi connectivity index (χ0n) is 12.8. The minimum atomic E-state index is -4.04. The van der Waals surface area contributed by atoms with Crippen LogP contribution < -0.4 is 10.5 Å². The maximum absolute atomic E-state index is 12.9. The highest BCUT2D eigenvalue weighted by Gasteiger charge is 2.19. The van der Waals surface area contributed by atoms with Crippen LogP contribution in [0.15, 0.2) is 59.0 Å². The highest BCUT2D eigenvalue weighted by Crippen LogP contribution is 2.15. The van der Waals surface area contributed by atoms with Crippen molar-refractivity contribution in [2.45, 2.75) is 4.90 Å². The van der Waals surface area contributed by atoms with Gasteiger partial charge in [-0.15, -0.1) is 12.4 Å². The fourth-order valence-electron chi connectivity index (χ4n) is 1.84. The number of nitrogens with two attached hydrogens (primary N) is 1. The molecular weight excluding hydrogens is 390 g/mol. The van der Waals surface area contributed by atoms with E-state index in [0.717, 1.165) is 0 Å². The molecule has 1 amide bonds. The Morgan fingerprint density at radius 2 is 1.68 bits per heavy atom. The van der Waals surface area contributed by atoms with Gasteiger partial charge in [-0.25, -0.2) is 17.5 Å². The molecule has 0 unspecified atom stereocenters. The first-order valence-corrected chi connectivity index (χ1v) is 8.67. The van der Waals surface area contributed by atoms with E-state index >= 15 is 0 Å². The number of hydrogen-bond acceptors (Lipinski definition) is 4. The number of benzene rings is 2. The maximum atomic E-state index is 12.9. The van der Waals surface area contributed by atoms with Crippen LogP contribution in [0.25, 0.3) is 6.08 Å². The van der Waals surface area contributed by atoms with Crippen LogP contribution in [0, 0.1) is 5.82 Å². The molecule has 0 fully saturated rings. The fraction of sp³-hybridized carbons (Fsp3) is 0.0625. The van der Waals surface area contributed by atoms with E-state index in [0.29, 0.717) is 10.6 Å². The van der Waals surface area contributed by atoms with Crippen molar-refractivity contribution >= 4 is 46.0 Å². The molecule has 0 aliphatic heterocycles. The fourth-order valence-corrected chi connectivity index (χ4v) is 2.95. The Hall–Kier alpha value is -1.93. The Morgan fingerprint density at radius 1 is 1.12 bits per heavy atom. The highest BCUT2D eigenvalue weighted by atomic mass is 35.5. The van der Waals surface area contributed by atoms with Gasteiger partial charge in [0.1, 0.15) is 5.82 Å². The number of carbonyl (C=O) groups is 1. The molecule has 25 heavy (non-hydrogen) atoms. The molecule has 0 saturated heterocycles. The van der Waals surface area contributed by atoms with Crippen LogP contribution >= 0.6 is 24.0 Å². The molecule has 2 rings (SSSR count). The van der Waals surface area contributed by atoms with Gasteiger partial charge in [0.25, 0.3) is 15.9 Å². The Labute approximate surface area is 156 Å². The second-order valence-electron chi connectivity index (χ2n) is 4.81. The molecule has 2 aromatic rings. The normalized spacial score (nSPS) is 11.6. The Morgan fingerprint density at radius 3 is 2.20 bits per heavy atom. The van der Waals surface area contributed by atoms with Crippen LogP contribution in [-0.4, -0.2) is 20.9 Å². The zero-order chi connectivity index (χ0) is 17.7. The van der Waals surface area contributed by atoms with Crippen LogP contribution in [0.2, 0.25) is 5.02 Å². The lowest BCUT2D eigenvalue weighted by Crippen LogP contribution is -2.33. The Kier molecular flexibility index (Phi) is 7.57. The monoisotopic (exact) mass is 404 g/mol. The first kappa shape index (κ1) is 21.1. The molecule has 5 nitrogen and oxygen atoms in total. The van der Waals surface area contributed by atoms with Crippen LogP contribution in [0.3, 0.4) is 0 Å². The average molecular weight is 405 g/mol. The second-order valence-corrected chi connectivity index (χ2v) is 6.93. The van der Waals surface area contributed by atoms with E-state index in [1.807, 2.05) is 4.72 Å². The van der Waals surface area contributed by atoms with Crippen LogP contribution in [0.1, 0.15) is 5.56 Å². The number of sulfonamides is 1. The van der Waals surface area contributed by atoms with E-state index in [2.05, 4.69) is 0 Å². The summed E-state index contributed by atoms with van der Waals surface area (Å²) in [6, 6.07) is 10.7. The van der Waals surface area contributed by atoms with E-state index in [9.17, 15) is 17.6 Å². The van der Waals surface area contributed by atoms with E-state index in [1.54, 1.807) is 0 Å². The van der Waals surface area contributed by atoms with Gasteiger partial charge in [-0.3, -0.25) is 4.79 Å². The van der Waals surface area contributed by atoms with Crippen LogP contribution in [0.5, 0.6) is 0 Å². The van der Waals surface area contributed by atoms with Crippen molar-refractivity contribution in [1.29, 1.82) is 0 Å². The summed E-state index contributed by atoms with van der Waals surface area (Å²) in [5.74, 6) is -1.27. The van der Waals surface area contributed by atoms with Crippen LogP contribution in [-0.2, 0) is 14.8 Å². The summed E-state index contributed by atoms with van der Waals surface area (Å²) in [5.41, 5.74) is 6.08. The number of amides is 1. The maximum Gasteiger partial charge on any atom is 0.264 e. The van der Waals surface area contributed by atoms with Crippen molar-refractivity contribution in [2.24, 2.45) is 5.73 Å². The van der Waals surface area contributed by atoms with E-state index < -0.39 is 21.7 Å². The molecule has 0 heterocycles. The number of carbonyl (C=O) groups excluding carboxylic acids is 1. The molecule has 0 atom stereocenters. The smallest absolute Gasteiger partial charge is 0.264 e. The summed E-state index contributed by atoms with van der Waals surface area (Å²) in [6.07, 6.45) is 1.39. The highest BCUT2D eigenvalue weighted by molar-refractivity contribution is 7.90. The van der Waals surface area contributed by atoms with Gasteiger partial charge in [0.15, 0.2) is 0 Å². The molecule has 0 spiro atoms. The summed E-state index contributed by atoms with van der Waals surface area (Å²) >= 11 is 5.71. The van der Waals surface area contributed by atoms with Gasteiger partial charge in [-0.1, -0.05) is 23.7 Å². The molecular formula is C16H15Cl2FN2O3S. The molecule has 3 N–H and O–H groups in total. The lowest BCUT2D eigenvalue weighted by Gasteiger charge is -2.09. The van der Waals surface area contributed by atoms with Crippen molar-refractivity contribution in [1.82, 2.24) is 4.72 Å². The van der Waals surface area contributed by atoms with E-state index in [4.69, 9.17) is 17.3 Å². The lowest BCUT2D eigenvalue weighted by molar-refractivity contribution is -0.115. The molecule has 0 aliphatic rings. The first-order valence-electron chi connectivity index (χ1n) is 6.81. The Bertz CT molecular complexity index is 867. The van der Waals surface area contributed by atoms with Crippen LogP contribution in [0.4, 0.5) is 4.39 Å². The quantitative estimate of drug-likeness (QED) is 0.749. The molecule has 0 saturated carbocycles. The van der Waals surface area contributed by atoms with Crippen molar-refractivity contribution < 1.29 is 17.6 Å². The number of nitrogens with one attached hydrogen (secondary N) is 1. The predicted octanol–water partition coefficient (Wildman–Crippen LogP) is 2.75. The molecule has 0 aliphatic carbocycles. The van der Waals surface area contributed by atoms with Gasteiger partial charge < -0.3 is 5.73 Å². The average Bonchev–Trinajstić information content (AvgIpc) is 2.54. The summed E-state index contributed by atoms with van der Waals surface area (Å²) < 4.78 is 39.2. The molecule has 2 aromatic carbocycles. The van der Waals surface area contributed by atoms with Gasteiger partial charge >= 0.3 is 0 Å². The van der Waals surface area contributed by atoms with Gasteiger partial charge in [0, 0.05) is 17.1 Å². The molecule has 9 heteroatoms. The summed E-state index contributed by atoms with van der Waals surface area (Å²) in [4.78, 5) is 12.1. The second kappa shape index (κ2) is 8.96. The number of halogens is 3. The third-order valence-electron chi connectivity index (χ3n) is 3.07. The van der Waals surface area contributed by atoms with Gasteiger partial charge in [0.2, 0.25) is 0 Å². The largest absolute Gasteiger partial charge is 0.326 e. The van der Waals surface area contributed by atoms with Gasteiger partial charge in [-0.05, 0) is 48.0 Å². The molecule has 0 bridgehead atoms.